The molecule has 0 saturated carbocycles. The Hall–Kier alpha value is -2.51. The summed E-state index contributed by atoms with van der Waals surface area (Å²) >= 11 is 12.2. The third-order valence-electron chi connectivity index (χ3n) is 4.29. The van der Waals surface area contributed by atoms with E-state index in [1.807, 2.05) is 0 Å². The van der Waals surface area contributed by atoms with Crippen molar-refractivity contribution in [2.75, 3.05) is 11.9 Å². The summed E-state index contributed by atoms with van der Waals surface area (Å²) in [6.45, 7) is 5.97. The molecular weight excluding hydrogens is 417 g/mol. The number of anilines is 1. The molecule has 0 saturated heterocycles. The van der Waals surface area contributed by atoms with Crippen LogP contribution in [0.4, 0.5) is 5.82 Å². The van der Waals surface area contributed by atoms with Gasteiger partial charge < -0.3 is 10.1 Å². The SMILES string of the molecule is C=CCc1c(NCc2ccc(Cl)cc2Cl)n(CCC(=O)OCC)c(=O)n(C)c1=O. The number of halogens is 2. The molecule has 156 valence electrons. The zero-order valence-electron chi connectivity index (χ0n) is 16.3. The largest absolute Gasteiger partial charge is 0.466 e. The molecule has 1 aromatic heterocycles. The Morgan fingerprint density at radius 2 is 2.03 bits per heavy atom. The molecule has 0 unspecified atom stereocenters. The van der Waals surface area contributed by atoms with Gasteiger partial charge in [-0.25, -0.2) is 4.79 Å². The molecule has 0 spiro atoms. The maximum Gasteiger partial charge on any atom is 0.332 e. The van der Waals surface area contributed by atoms with E-state index in [2.05, 4.69) is 11.9 Å². The van der Waals surface area contributed by atoms with Gasteiger partial charge >= 0.3 is 11.7 Å². The van der Waals surface area contributed by atoms with E-state index in [1.165, 1.54) is 11.6 Å². The summed E-state index contributed by atoms with van der Waals surface area (Å²) in [5.74, 6) is -0.0986. The van der Waals surface area contributed by atoms with E-state index < -0.39 is 17.2 Å². The average Bonchev–Trinajstić information content (AvgIpc) is 2.68. The van der Waals surface area contributed by atoms with E-state index in [4.69, 9.17) is 27.9 Å². The summed E-state index contributed by atoms with van der Waals surface area (Å²) in [7, 11) is 1.40. The average molecular weight is 440 g/mol. The minimum absolute atomic E-state index is 0.00411. The first-order valence-corrected chi connectivity index (χ1v) is 9.82. The van der Waals surface area contributed by atoms with Crippen LogP contribution < -0.4 is 16.6 Å². The number of allylic oxidation sites excluding steroid dienone is 1. The van der Waals surface area contributed by atoms with Crippen LogP contribution in [-0.2, 0) is 36.1 Å². The lowest BCUT2D eigenvalue weighted by atomic mass is 10.2. The number of hydrogen-bond acceptors (Lipinski definition) is 5. The molecule has 2 aromatic rings. The van der Waals surface area contributed by atoms with Crippen LogP contribution in [0.15, 0.2) is 40.4 Å². The highest BCUT2D eigenvalue weighted by molar-refractivity contribution is 6.35. The van der Waals surface area contributed by atoms with Crippen molar-refractivity contribution in [1.82, 2.24) is 9.13 Å². The van der Waals surface area contributed by atoms with Crippen molar-refractivity contribution in [3.05, 3.63) is 72.9 Å². The third kappa shape index (κ3) is 5.52. The number of rotatable bonds is 9. The van der Waals surface area contributed by atoms with E-state index in [0.717, 1.165) is 10.1 Å². The fraction of sp³-hybridized carbons (Fsp3) is 0.350. The molecule has 9 heteroatoms. The molecule has 7 nitrogen and oxygen atoms in total. The Labute approximate surface area is 178 Å². The van der Waals surface area contributed by atoms with Crippen molar-refractivity contribution in [2.45, 2.75) is 32.9 Å². The fourth-order valence-electron chi connectivity index (χ4n) is 2.85. The smallest absolute Gasteiger partial charge is 0.332 e. The van der Waals surface area contributed by atoms with Crippen molar-refractivity contribution in [2.24, 2.45) is 7.05 Å². The molecule has 0 amide bonds. The van der Waals surface area contributed by atoms with Crippen molar-refractivity contribution in [3.8, 4) is 0 Å². The molecule has 0 fully saturated rings. The number of ether oxygens (including phenoxy) is 1. The zero-order valence-corrected chi connectivity index (χ0v) is 17.8. The van der Waals surface area contributed by atoms with Crippen molar-refractivity contribution in [1.29, 1.82) is 0 Å². The summed E-state index contributed by atoms with van der Waals surface area (Å²) in [5, 5.41) is 4.09. The van der Waals surface area contributed by atoms with Gasteiger partial charge in [0.05, 0.1) is 18.6 Å². The quantitative estimate of drug-likeness (QED) is 0.479. The van der Waals surface area contributed by atoms with Crippen LogP contribution in [0.5, 0.6) is 0 Å². The minimum atomic E-state index is -0.531. The molecule has 0 atom stereocenters. The van der Waals surface area contributed by atoms with E-state index in [0.29, 0.717) is 21.4 Å². The number of aromatic nitrogens is 2. The molecule has 1 N–H and O–H groups in total. The molecule has 0 aliphatic heterocycles. The second-order valence-corrected chi connectivity index (χ2v) is 7.11. The second-order valence-electron chi connectivity index (χ2n) is 6.26. The highest BCUT2D eigenvalue weighted by Gasteiger charge is 2.18. The van der Waals surface area contributed by atoms with Gasteiger partial charge in [-0.05, 0) is 31.0 Å². The second kappa shape index (κ2) is 10.3. The monoisotopic (exact) mass is 439 g/mol. The van der Waals surface area contributed by atoms with Crippen LogP contribution in [-0.4, -0.2) is 21.7 Å². The Morgan fingerprint density at radius 1 is 1.31 bits per heavy atom. The molecular formula is C20H23Cl2N3O4. The molecule has 0 bridgehead atoms. The number of esters is 1. The number of carbonyl (C=O) groups excluding carboxylic acids is 1. The number of nitrogens with one attached hydrogen (secondary N) is 1. The van der Waals surface area contributed by atoms with Gasteiger partial charge in [-0.1, -0.05) is 35.3 Å². The molecule has 2 rings (SSSR count). The van der Waals surface area contributed by atoms with Crippen LogP contribution >= 0.6 is 23.2 Å². The first-order chi connectivity index (χ1) is 13.8. The first kappa shape index (κ1) is 22.8. The standard InChI is InChI=1S/C20H23Cl2N3O4/c1-4-6-15-18(23-12-13-7-8-14(21)11-16(13)22)25(10-9-17(26)29-5-2)20(28)24(3)19(15)27/h4,7-8,11,23H,1,5-6,9-10,12H2,2-3H3. The predicted octanol–water partition coefficient (Wildman–Crippen LogP) is 3.15. The van der Waals surface area contributed by atoms with Crippen LogP contribution in [0.1, 0.15) is 24.5 Å². The van der Waals surface area contributed by atoms with E-state index in [-0.39, 0.29) is 32.5 Å². The van der Waals surface area contributed by atoms with Gasteiger partial charge in [0.2, 0.25) is 0 Å². The summed E-state index contributed by atoms with van der Waals surface area (Å²) < 4.78 is 7.32. The molecule has 29 heavy (non-hydrogen) atoms. The van der Waals surface area contributed by atoms with Gasteiger partial charge in [0.25, 0.3) is 5.56 Å². The lowest BCUT2D eigenvalue weighted by Gasteiger charge is -2.19. The van der Waals surface area contributed by atoms with E-state index >= 15 is 0 Å². The Bertz CT molecular complexity index is 1030. The number of carbonyl (C=O) groups is 1. The fourth-order valence-corrected chi connectivity index (χ4v) is 3.32. The van der Waals surface area contributed by atoms with Crippen molar-refractivity contribution < 1.29 is 9.53 Å². The van der Waals surface area contributed by atoms with Crippen LogP contribution in [0.25, 0.3) is 0 Å². The maximum atomic E-state index is 12.7. The normalized spacial score (nSPS) is 10.6. The molecule has 0 aliphatic rings. The number of nitrogens with zero attached hydrogens (tertiary/aromatic N) is 2. The summed E-state index contributed by atoms with van der Waals surface area (Å²) in [6, 6.07) is 5.07. The highest BCUT2D eigenvalue weighted by Crippen LogP contribution is 2.22. The van der Waals surface area contributed by atoms with Gasteiger partial charge in [-0.3, -0.25) is 18.7 Å². The van der Waals surface area contributed by atoms with Gasteiger partial charge in [-0.15, -0.1) is 6.58 Å². The molecule has 1 aromatic carbocycles. The Kier molecular flexibility index (Phi) is 8.10. The van der Waals surface area contributed by atoms with E-state index in [9.17, 15) is 14.4 Å². The van der Waals surface area contributed by atoms with Gasteiger partial charge in [0.15, 0.2) is 0 Å². The lowest BCUT2D eigenvalue weighted by Crippen LogP contribution is -2.41. The van der Waals surface area contributed by atoms with Crippen LogP contribution in [0.3, 0.4) is 0 Å². The molecule has 1 heterocycles. The van der Waals surface area contributed by atoms with Crippen molar-refractivity contribution >= 4 is 35.0 Å². The first-order valence-electron chi connectivity index (χ1n) is 9.07. The Morgan fingerprint density at radius 3 is 2.66 bits per heavy atom. The zero-order chi connectivity index (χ0) is 21.6. The molecule has 0 aliphatic carbocycles. The maximum absolute atomic E-state index is 12.7. The molecule has 0 radical (unpaired) electrons. The predicted molar refractivity (Wildman–Crippen MR) is 115 cm³/mol. The van der Waals surface area contributed by atoms with Crippen molar-refractivity contribution in [3.63, 3.8) is 0 Å². The Balaban J connectivity index is 2.47. The number of hydrogen-bond donors (Lipinski definition) is 1. The van der Waals surface area contributed by atoms with Crippen LogP contribution in [0, 0.1) is 0 Å². The number of benzene rings is 1. The third-order valence-corrected chi connectivity index (χ3v) is 4.88. The van der Waals surface area contributed by atoms with E-state index in [1.54, 1.807) is 31.2 Å². The topological polar surface area (TPSA) is 82.3 Å². The van der Waals surface area contributed by atoms with Gasteiger partial charge in [0, 0.05) is 30.2 Å². The lowest BCUT2D eigenvalue weighted by molar-refractivity contribution is -0.143. The minimum Gasteiger partial charge on any atom is -0.466 e. The van der Waals surface area contributed by atoms with Gasteiger partial charge in [0.1, 0.15) is 5.82 Å². The summed E-state index contributed by atoms with van der Waals surface area (Å²) in [5.41, 5.74) is 0.158. The van der Waals surface area contributed by atoms with Gasteiger partial charge in [-0.2, -0.15) is 0 Å². The summed E-state index contributed by atoms with van der Waals surface area (Å²) in [4.78, 5) is 37.2. The van der Waals surface area contributed by atoms with Crippen LogP contribution in [0.2, 0.25) is 10.0 Å². The summed E-state index contributed by atoms with van der Waals surface area (Å²) in [6.07, 6.45) is 1.83. The highest BCUT2D eigenvalue weighted by atomic mass is 35.5.